The third kappa shape index (κ3) is 3.23. The molecule has 0 bridgehead atoms. The van der Waals surface area contributed by atoms with Crippen molar-refractivity contribution < 1.29 is 9.47 Å². The largest absolute Gasteiger partial charge is 0.383 e. The third-order valence-electron chi connectivity index (χ3n) is 2.46. The van der Waals surface area contributed by atoms with E-state index >= 15 is 0 Å². The molecule has 0 aliphatic carbocycles. The lowest BCUT2D eigenvalue weighted by atomic mass is 10.1. The van der Waals surface area contributed by atoms with E-state index in [-0.39, 0.29) is 12.1 Å². The van der Waals surface area contributed by atoms with Crippen LogP contribution in [0, 0.1) is 0 Å². The van der Waals surface area contributed by atoms with E-state index in [4.69, 9.17) is 15.2 Å². The number of rotatable bonds is 4. The van der Waals surface area contributed by atoms with Gasteiger partial charge >= 0.3 is 0 Å². The fraction of sp³-hybridized carbons (Fsp3) is 1.00. The molecule has 4 heteroatoms. The van der Waals surface area contributed by atoms with Gasteiger partial charge in [0.05, 0.1) is 25.4 Å². The first-order valence-corrected chi connectivity index (χ1v) is 4.86. The van der Waals surface area contributed by atoms with Gasteiger partial charge in [-0.1, -0.05) is 6.92 Å². The summed E-state index contributed by atoms with van der Waals surface area (Å²) in [5, 5.41) is 0. The molecule has 78 valence electrons. The van der Waals surface area contributed by atoms with Gasteiger partial charge in [0.25, 0.3) is 0 Å². The third-order valence-corrected chi connectivity index (χ3v) is 2.46. The van der Waals surface area contributed by atoms with Crippen LogP contribution in [-0.2, 0) is 9.47 Å². The van der Waals surface area contributed by atoms with Gasteiger partial charge in [-0.25, -0.2) is 0 Å². The topological polar surface area (TPSA) is 47.7 Å². The van der Waals surface area contributed by atoms with E-state index in [0.717, 1.165) is 26.2 Å². The molecule has 4 nitrogen and oxygen atoms in total. The minimum Gasteiger partial charge on any atom is -0.383 e. The van der Waals surface area contributed by atoms with E-state index in [2.05, 4.69) is 11.8 Å². The highest BCUT2D eigenvalue weighted by molar-refractivity contribution is 4.79. The lowest BCUT2D eigenvalue weighted by Gasteiger charge is -2.34. The van der Waals surface area contributed by atoms with E-state index in [1.54, 1.807) is 7.11 Å². The molecule has 0 amide bonds. The van der Waals surface area contributed by atoms with Crippen LogP contribution in [0.5, 0.6) is 0 Å². The normalized spacial score (nSPS) is 27.5. The summed E-state index contributed by atoms with van der Waals surface area (Å²) in [6.45, 7) is 6.54. The highest BCUT2D eigenvalue weighted by Crippen LogP contribution is 2.07. The minimum atomic E-state index is -0.000602. The molecule has 2 atom stereocenters. The van der Waals surface area contributed by atoms with Crippen LogP contribution in [0.1, 0.15) is 6.92 Å². The van der Waals surface area contributed by atoms with Gasteiger partial charge in [-0.3, -0.25) is 4.90 Å². The Balaban J connectivity index is 2.32. The van der Waals surface area contributed by atoms with Crippen LogP contribution < -0.4 is 5.73 Å². The highest BCUT2D eigenvalue weighted by Gasteiger charge is 2.24. The first-order valence-electron chi connectivity index (χ1n) is 4.86. The van der Waals surface area contributed by atoms with Crippen molar-refractivity contribution in [2.75, 3.05) is 40.0 Å². The van der Waals surface area contributed by atoms with Gasteiger partial charge in [0.15, 0.2) is 0 Å². The Bertz CT molecular complexity index is 144. The second-order valence-electron chi connectivity index (χ2n) is 3.42. The summed E-state index contributed by atoms with van der Waals surface area (Å²) >= 11 is 0. The smallest absolute Gasteiger partial charge is 0.0875 e. The molecule has 1 saturated heterocycles. The molecule has 0 spiro atoms. The lowest BCUT2D eigenvalue weighted by Crippen LogP contribution is -2.52. The van der Waals surface area contributed by atoms with Gasteiger partial charge in [-0.2, -0.15) is 0 Å². The molecule has 13 heavy (non-hydrogen) atoms. The predicted molar refractivity (Wildman–Crippen MR) is 51.7 cm³/mol. The van der Waals surface area contributed by atoms with Gasteiger partial charge in [0.1, 0.15) is 0 Å². The van der Waals surface area contributed by atoms with Crippen molar-refractivity contribution in [1.82, 2.24) is 4.90 Å². The van der Waals surface area contributed by atoms with Crippen molar-refractivity contribution in [2.24, 2.45) is 5.73 Å². The number of likely N-dealkylation sites (N-methyl/N-ethyl adjacent to an activating group) is 1. The molecule has 0 aromatic carbocycles. The van der Waals surface area contributed by atoms with Crippen molar-refractivity contribution in [1.29, 1.82) is 0 Å². The maximum atomic E-state index is 5.90. The van der Waals surface area contributed by atoms with E-state index in [0.29, 0.717) is 6.61 Å². The summed E-state index contributed by atoms with van der Waals surface area (Å²) in [5.74, 6) is 0. The fourth-order valence-electron chi connectivity index (χ4n) is 1.58. The number of hydrogen-bond acceptors (Lipinski definition) is 4. The summed E-state index contributed by atoms with van der Waals surface area (Å²) in [7, 11) is 1.67. The second kappa shape index (κ2) is 5.54. The number of methoxy groups -OCH3 is 1. The van der Waals surface area contributed by atoms with Crippen LogP contribution >= 0.6 is 0 Å². The van der Waals surface area contributed by atoms with Crippen molar-refractivity contribution in [3.05, 3.63) is 0 Å². The van der Waals surface area contributed by atoms with Crippen molar-refractivity contribution in [3.63, 3.8) is 0 Å². The SMILES string of the molecule is CCN1CCOC(C(N)COC)C1. The summed E-state index contributed by atoms with van der Waals surface area (Å²) in [5.41, 5.74) is 5.90. The van der Waals surface area contributed by atoms with Gasteiger partial charge < -0.3 is 15.2 Å². The Labute approximate surface area is 80.0 Å². The van der Waals surface area contributed by atoms with Gasteiger partial charge in [-0.15, -0.1) is 0 Å². The van der Waals surface area contributed by atoms with Crippen LogP contribution in [0.25, 0.3) is 0 Å². The Morgan fingerprint density at radius 3 is 3.08 bits per heavy atom. The first kappa shape index (κ1) is 10.9. The standard InChI is InChI=1S/C9H20N2O2/c1-3-11-4-5-13-9(6-11)8(10)7-12-2/h8-9H,3-7,10H2,1-2H3. The average Bonchev–Trinajstić information content (AvgIpc) is 2.18. The first-order chi connectivity index (χ1) is 6.27. The minimum absolute atomic E-state index is 0.000602. The second-order valence-corrected chi connectivity index (χ2v) is 3.42. The van der Waals surface area contributed by atoms with E-state index in [9.17, 15) is 0 Å². The molecule has 2 unspecified atom stereocenters. The van der Waals surface area contributed by atoms with Crippen LogP contribution in [0.4, 0.5) is 0 Å². The van der Waals surface area contributed by atoms with E-state index < -0.39 is 0 Å². The molecule has 1 rings (SSSR count). The van der Waals surface area contributed by atoms with Crippen LogP contribution in [0.15, 0.2) is 0 Å². The number of ether oxygens (including phenoxy) is 2. The molecule has 0 aromatic heterocycles. The molecule has 0 radical (unpaired) electrons. The monoisotopic (exact) mass is 188 g/mol. The lowest BCUT2D eigenvalue weighted by molar-refractivity contribution is -0.0493. The molecular weight excluding hydrogens is 168 g/mol. The molecular formula is C9H20N2O2. The Hall–Kier alpha value is -0.160. The van der Waals surface area contributed by atoms with E-state index in [1.165, 1.54) is 0 Å². The number of hydrogen-bond donors (Lipinski definition) is 1. The van der Waals surface area contributed by atoms with Crippen LogP contribution in [-0.4, -0.2) is 57.0 Å². The molecule has 1 aliphatic heterocycles. The summed E-state index contributed by atoms with van der Waals surface area (Å²) in [4.78, 5) is 2.35. The van der Waals surface area contributed by atoms with Crippen molar-refractivity contribution in [2.45, 2.75) is 19.1 Å². The number of morpholine rings is 1. The molecule has 1 aliphatic rings. The fourth-order valence-corrected chi connectivity index (χ4v) is 1.58. The predicted octanol–water partition coefficient (Wildman–Crippen LogP) is -0.319. The molecule has 2 N–H and O–H groups in total. The van der Waals surface area contributed by atoms with E-state index in [1.807, 2.05) is 0 Å². The Morgan fingerprint density at radius 1 is 1.69 bits per heavy atom. The Morgan fingerprint density at radius 2 is 2.46 bits per heavy atom. The summed E-state index contributed by atoms with van der Waals surface area (Å²) < 4.78 is 10.6. The molecule has 1 heterocycles. The van der Waals surface area contributed by atoms with Crippen LogP contribution in [0.2, 0.25) is 0 Å². The maximum absolute atomic E-state index is 5.90. The highest BCUT2D eigenvalue weighted by atomic mass is 16.5. The Kier molecular flexibility index (Phi) is 4.66. The van der Waals surface area contributed by atoms with Gasteiger partial charge in [0.2, 0.25) is 0 Å². The average molecular weight is 188 g/mol. The van der Waals surface area contributed by atoms with Crippen molar-refractivity contribution in [3.8, 4) is 0 Å². The summed E-state index contributed by atoms with van der Waals surface area (Å²) in [6, 6.07) is -0.000602. The number of nitrogens with zero attached hydrogens (tertiary/aromatic N) is 1. The summed E-state index contributed by atoms with van der Waals surface area (Å²) in [6.07, 6.45) is 0.133. The molecule has 0 saturated carbocycles. The molecule has 0 aromatic rings. The number of nitrogens with two attached hydrogens (primary N) is 1. The molecule has 1 fully saturated rings. The van der Waals surface area contributed by atoms with Crippen molar-refractivity contribution >= 4 is 0 Å². The maximum Gasteiger partial charge on any atom is 0.0875 e. The van der Waals surface area contributed by atoms with Crippen LogP contribution in [0.3, 0.4) is 0 Å². The van der Waals surface area contributed by atoms with Gasteiger partial charge in [-0.05, 0) is 6.54 Å². The quantitative estimate of drug-likeness (QED) is 0.657. The zero-order valence-corrected chi connectivity index (χ0v) is 8.53. The zero-order valence-electron chi connectivity index (χ0n) is 8.53. The zero-order chi connectivity index (χ0) is 9.68. The van der Waals surface area contributed by atoms with Gasteiger partial charge in [0, 0.05) is 20.2 Å².